The van der Waals surface area contributed by atoms with E-state index in [1.807, 2.05) is 24.3 Å². The number of hydrogen-bond acceptors (Lipinski definition) is 7. The Kier molecular flexibility index (Phi) is 12.0. The monoisotopic (exact) mass is 631 g/mol. The minimum atomic E-state index is -0.169. The largest absolute Gasteiger partial charge is 0.353 e. The van der Waals surface area contributed by atoms with Gasteiger partial charge in [0.2, 0.25) is 0 Å². The number of aromatic nitrogens is 2. The molecule has 0 unspecified atom stereocenters. The first-order valence-electron chi connectivity index (χ1n) is 16.3. The number of fused-ring (bicyclic) bond motifs is 1. The predicted molar refractivity (Wildman–Crippen MR) is 187 cm³/mol. The molecule has 0 atom stereocenters. The summed E-state index contributed by atoms with van der Waals surface area (Å²) in [4.78, 5) is 39.1. The van der Waals surface area contributed by atoms with Crippen molar-refractivity contribution in [3.05, 3.63) is 81.1 Å². The van der Waals surface area contributed by atoms with Crippen LogP contribution in [0.3, 0.4) is 0 Å². The molecule has 1 amide bonds. The van der Waals surface area contributed by atoms with E-state index in [1.165, 1.54) is 68.7 Å². The van der Waals surface area contributed by atoms with Gasteiger partial charge in [0.1, 0.15) is 15.8 Å². The highest BCUT2D eigenvalue weighted by atomic mass is 32.2. The Balaban J connectivity index is 1.24. The highest BCUT2D eigenvalue weighted by Crippen LogP contribution is 2.34. The molecule has 2 aliphatic heterocycles. The van der Waals surface area contributed by atoms with Gasteiger partial charge in [0.25, 0.3) is 11.5 Å². The number of thiocarbonyl (C=S) groups is 1. The first kappa shape index (κ1) is 32.4. The highest BCUT2D eigenvalue weighted by molar-refractivity contribution is 8.26. The van der Waals surface area contributed by atoms with Crippen LogP contribution in [0.1, 0.15) is 82.3 Å². The topological polar surface area (TPSA) is 61.2 Å². The van der Waals surface area contributed by atoms with Crippen molar-refractivity contribution in [2.45, 2.75) is 77.7 Å². The zero-order valence-corrected chi connectivity index (χ0v) is 27.6. The molecule has 7 nitrogen and oxygen atoms in total. The summed E-state index contributed by atoms with van der Waals surface area (Å²) in [6.45, 7) is 7.02. The molecule has 9 heteroatoms. The molecule has 0 bridgehead atoms. The molecule has 0 N–H and O–H groups in total. The minimum Gasteiger partial charge on any atom is -0.353 e. The van der Waals surface area contributed by atoms with Gasteiger partial charge in [-0.05, 0) is 30.2 Å². The normalized spacial score (nSPS) is 17.0. The molecule has 0 radical (unpaired) electrons. The second-order valence-corrected chi connectivity index (χ2v) is 13.5. The first-order chi connectivity index (χ1) is 21.5. The van der Waals surface area contributed by atoms with Crippen molar-refractivity contribution in [3.63, 3.8) is 0 Å². The number of benzene rings is 1. The molecule has 5 rings (SSSR count). The third-order valence-corrected chi connectivity index (χ3v) is 9.93. The summed E-state index contributed by atoms with van der Waals surface area (Å²) < 4.78 is 2.13. The van der Waals surface area contributed by atoms with Gasteiger partial charge in [-0.15, -0.1) is 0 Å². The number of pyridine rings is 1. The number of rotatable bonds is 15. The van der Waals surface area contributed by atoms with Crippen LogP contribution in [0.25, 0.3) is 11.7 Å². The molecule has 3 aromatic rings. The fourth-order valence-electron chi connectivity index (χ4n) is 6.00. The number of piperazine rings is 1. The lowest BCUT2D eigenvalue weighted by Gasteiger charge is -2.36. The Morgan fingerprint density at radius 1 is 0.841 bits per heavy atom. The van der Waals surface area contributed by atoms with Crippen LogP contribution in [-0.2, 0) is 11.3 Å². The maximum absolute atomic E-state index is 13.8. The van der Waals surface area contributed by atoms with E-state index in [9.17, 15) is 9.59 Å². The number of nitrogens with zero attached hydrogens (tertiary/aromatic N) is 5. The first-order valence-corrected chi connectivity index (χ1v) is 17.6. The molecule has 4 heterocycles. The van der Waals surface area contributed by atoms with Crippen molar-refractivity contribution < 1.29 is 4.79 Å². The van der Waals surface area contributed by atoms with Crippen molar-refractivity contribution in [1.82, 2.24) is 19.2 Å². The van der Waals surface area contributed by atoms with Crippen LogP contribution in [0.15, 0.2) is 64.4 Å². The molecule has 1 aromatic carbocycles. The lowest BCUT2D eigenvalue weighted by molar-refractivity contribution is -0.122. The van der Waals surface area contributed by atoms with Crippen LogP contribution >= 0.6 is 24.0 Å². The number of carbonyl (C=O) groups is 1. The molecule has 0 spiro atoms. The molecular formula is C35H45N5O2S2. The van der Waals surface area contributed by atoms with Gasteiger partial charge in [-0.2, -0.15) is 0 Å². The van der Waals surface area contributed by atoms with Gasteiger partial charge in [0, 0.05) is 45.5 Å². The number of amides is 1. The second kappa shape index (κ2) is 16.3. The lowest BCUT2D eigenvalue weighted by atomic mass is 10.1. The number of anilines is 1. The number of carbonyl (C=O) groups excluding carboxylic acids is 1. The van der Waals surface area contributed by atoms with E-state index in [4.69, 9.17) is 17.2 Å². The van der Waals surface area contributed by atoms with Gasteiger partial charge in [-0.3, -0.25) is 23.8 Å². The van der Waals surface area contributed by atoms with Crippen molar-refractivity contribution >= 4 is 51.7 Å². The summed E-state index contributed by atoms with van der Waals surface area (Å²) in [5, 5.41) is 0. The Hall–Kier alpha value is -3.01. The van der Waals surface area contributed by atoms with E-state index < -0.39 is 0 Å². The van der Waals surface area contributed by atoms with Crippen LogP contribution in [-0.4, -0.2) is 62.1 Å². The average molecular weight is 632 g/mol. The molecule has 234 valence electrons. The zero-order chi connectivity index (χ0) is 30.7. The highest BCUT2D eigenvalue weighted by Gasteiger charge is 2.33. The molecule has 44 heavy (non-hydrogen) atoms. The van der Waals surface area contributed by atoms with Gasteiger partial charge < -0.3 is 4.90 Å². The predicted octanol–water partition coefficient (Wildman–Crippen LogP) is 7.14. The standard InChI is InChI=1S/C35H45N5O2S2/c1-2-3-4-5-6-7-8-9-10-15-21-40-34(42)30(44-35(40)43)26-29-32(36-31-19-14-16-20-39(31)33(29)41)38-24-22-37(23-25-38)27-28-17-12-11-13-18-28/h11-14,16-20,26H,2-10,15,21-25,27H2,1H3. The van der Waals surface area contributed by atoms with Gasteiger partial charge >= 0.3 is 0 Å². The van der Waals surface area contributed by atoms with Crippen molar-refractivity contribution in [3.8, 4) is 0 Å². The van der Waals surface area contributed by atoms with E-state index in [-0.39, 0.29) is 11.5 Å². The Labute approximate surface area is 271 Å². The third kappa shape index (κ3) is 8.37. The lowest BCUT2D eigenvalue weighted by Crippen LogP contribution is -2.47. The van der Waals surface area contributed by atoms with E-state index >= 15 is 0 Å². The molecule has 2 saturated heterocycles. The van der Waals surface area contributed by atoms with Crippen LogP contribution in [0, 0.1) is 0 Å². The van der Waals surface area contributed by atoms with E-state index in [0.29, 0.717) is 32.8 Å². The summed E-state index contributed by atoms with van der Waals surface area (Å²) in [6, 6.07) is 16.1. The smallest absolute Gasteiger partial charge is 0.267 e. The summed E-state index contributed by atoms with van der Waals surface area (Å²) in [7, 11) is 0. The minimum absolute atomic E-state index is 0.105. The molecular weight excluding hydrogens is 587 g/mol. The quantitative estimate of drug-likeness (QED) is 0.100. The van der Waals surface area contributed by atoms with Gasteiger partial charge in [-0.25, -0.2) is 4.98 Å². The van der Waals surface area contributed by atoms with Crippen LogP contribution in [0.2, 0.25) is 0 Å². The Bertz CT molecular complexity index is 1500. The molecule has 2 aromatic heterocycles. The molecule has 0 aliphatic carbocycles. The molecule has 0 saturated carbocycles. The average Bonchev–Trinajstić information content (AvgIpc) is 3.31. The summed E-state index contributed by atoms with van der Waals surface area (Å²) >= 11 is 6.92. The Morgan fingerprint density at radius 3 is 2.20 bits per heavy atom. The zero-order valence-electron chi connectivity index (χ0n) is 26.0. The SMILES string of the molecule is CCCCCCCCCCCCN1C(=O)C(=Cc2c(N3CCN(Cc4ccccc4)CC3)nc3ccccn3c2=O)SC1=S. The fraction of sp³-hybridized carbons (Fsp3) is 0.486. The maximum Gasteiger partial charge on any atom is 0.267 e. The molecule has 2 fully saturated rings. The Morgan fingerprint density at radius 2 is 1.50 bits per heavy atom. The maximum atomic E-state index is 13.8. The van der Waals surface area contributed by atoms with Crippen molar-refractivity contribution in [1.29, 1.82) is 0 Å². The van der Waals surface area contributed by atoms with Crippen molar-refractivity contribution in [2.75, 3.05) is 37.6 Å². The summed E-state index contributed by atoms with van der Waals surface area (Å²) in [5.74, 6) is 0.535. The van der Waals surface area contributed by atoms with Gasteiger partial charge in [0.05, 0.1) is 10.5 Å². The number of thioether (sulfide) groups is 1. The fourth-order valence-corrected chi connectivity index (χ4v) is 7.29. The third-order valence-electron chi connectivity index (χ3n) is 8.55. The van der Waals surface area contributed by atoms with Crippen LogP contribution in [0.5, 0.6) is 0 Å². The van der Waals surface area contributed by atoms with Crippen LogP contribution < -0.4 is 10.5 Å². The van der Waals surface area contributed by atoms with E-state index in [0.717, 1.165) is 45.6 Å². The number of hydrogen-bond donors (Lipinski definition) is 0. The summed E-state index contributed by atoms with van der Waals surface area (Å²) in [6.07, 6.45) is 15.9. The summed E-state index contributed by atoms with van der Waals surface area (Å²) in [5.41, 5.74) is 2.18. The second-order valence-electron chi connectivity index (χ2n) is 11.8. The van der Waals surface area contributed by atoms with E-state index in [2.05, 4.69) is 41.0 Å². The number of unbranched alkanes of at least 4 members (excludes halogenated alkanes) is 9. The van der Waals surface area contributed by atoms with Gasteiger partial charge in [-0.1, -0.05) is 125 Å². The van der Waals surface area contributed by atoms with Crippen molar-refractivity contribution in [2.24, 2.45) is 0 Å². The van der Waals surface area contributed by atoms with E-state index in [1.54, 1.807) is 21.6 Å². The van der Waals surface area contributed by atoms with Gasteiger partial charge in [0.15, 0.2) is 0 Å². The molecule has 2 aliphatic rings. The van der Waals surface area contributed by atoms with Crippen LogP contribution in [0.4, 0.5) is 5.82 Å².